The molecule has 0 bridgehead atoms. The molecular formula is C15H16BrClFN3O. The molecule has 1 atom stereocenters. The minimum atomic E-state index is -0.514. The van der Waals surface area contributed by atoms with Crippen molar-refractivity contribution in [1.29, 1.82) is 0 Å². The molecule has 1 aromatic heterocycles. The Hall–Kier alpha value is -1.40. The summed E-state index contributed by atoms with van der Waals surface area (Å²) in [5.74, 6) is -0.986. The number of hydrogen-bond donors (Lipinski definition) is 1. The third-order valence-corrected chi connectivity index (χ3v) is 4.81. The number of benzene rings is 1. The summed E-state index contributed by atoms with van der Waals surface area (Å²) in [6.07, 6.45) is 0. The number of rotatable bonds is 4. The summed E-state index contributed by atoms with van der Waals surface area (Å²) in [6.45, 7) is 6.11. The molecule has 4 nitrogen and oxygen atoms in total. The minimum Gasteiger partial charge on any atom is -0.326 e. The van der Waals surface area contributed by atoms with Gasteiger partial charge in [-0.05, 0) is 48.0 Å². The van der Waals surface area contributed by atoms with Crippen molar-refractivity contribution in [3.8, 4) is 0 Å². The summed E-state index contributed by atoms with van der Waals surface area (Å²) < 4.78 is 15.8. The van der Waals surface area contributed by atoms with Gasteiger partial charge in [-0.15, -0.1) is 0 Å². The van der Waals surface area contributed by atoms with Crippen LogP contribution in [0.5, 0.6) is 0 Å². The lowest BCUT2D eigenvalue weighted by Crippen LogP contribution is -2.25. The quantitative estimate of drug-likeness (QED) is 0.847. The minimum absolute atomic E-state index is 0.0204. The lowest BCUT2D eigenvalue weighted by molar-refractivity contribution is -0.119. The highest BCUT2D eigenvalue weighted by molar-refractivity contribution is 9.10. The molecule has 0 radical (unpaired) electrons. The van der Waals surface area contributed by atoms with Crippen molar-refractivity contribution in [1.82, 2.24) is 9.78 Å². The van der Waals surface area contributed by atoms with Crippen LogP contribution < -0.4 is 5.32 Å². The van der Waals surface area contributed by atoms with Crippen LogP contribution in [0, 0.1) is 25.6 Å². The number of nitrogens with zero attached hydrogens (tertiary/aromatic N) is 2. The summed E-state index contributed by atoms with van der Waals surface area (Å²) in [5.41, 5.74) is 2.33. The molecule has 1 heterocycles. The van der Waals surface area contributed by atoms with E-state index in [0.717, 1.165) is 15.9 Å². The van der Waals surface area contributed by atoms with E-state index >= 15 is 0 Å². The first kappa shape index (κ1) is 17.0. The molecule has 0 aliphatic rings. The van der Waals surface area contributed by atoms with Crippen LogP contribution in [-0.2, 0) is 11.3 Å². The number of carbonyl (C=O) groups is 1. The first-order chi connectivity index (χ1) is 10.3. The zero-order chi connectivity index (χ0) is 16.4. The molecule has 1 aromatic carbocycles. The van der Waals surface area contributed by atoms with E-state index in [4.69, 9.17) is 11.6 Å². The number of nitrogens with one attached hydrogen (secondary N) is 1. The van der Waals surface area contributed by atoms with Crippen LogP contribution in [0.3, 0.4) is 0 Å². The van der Waals surface area contributed by atoms with E-state index in [1.165, 1.54) is 18.2 Å². The van der Waals surface area contributed by atoms with E-state index < -0.39 is 5.82 Å². The number of amides is 1. The van der Waals surface area contributed by atoms with Crippen LogP contribution in [0.1, 0.15) is 18.3 Å². The van der Waals surface area contributed by atoms with Gasteiger partial charge in [0.25, 0.3) is 0 Å². The number of anilines is 1. The van der Waals surface area contributed by atoms with Gasteiger partial charge < -0.3 is 5.32 Å². The van der Waals surface area contributed by atoms with E-state index in [9.17, 15) is 9.18 Å². The van der Waals surface area contributed by atoms with Gasteiger partial charge in [0.2, 0.25) is 5.91 Å². The average molecular weight is 389 g/mol. The predicted molar refractivity (Wildman–Crippen MR) is 88.6 cm³/mol. The second-order valence-electron chi connectivity index (χ2n) is 5.19. The van der Waals surface area contributed by atoms with Gasteiger partial charge in [0.1, 0.15) is 5.82 Å². The van der Waals surface area contributed by atoms with Crippen LogP contribution in [0.15, 0.2) is 22.7 Å². The van der Waals surface area contributed by atoms with Crippen LogP contribution in [0.2, 0.25) is 5.02 Å². The maximum Gasteiger partial charge on any atom is 0.229 e. The van der Waals surface area contributed by atoms with Gasteiger partial charge in [-0.2, -0.15) is 5.10 Å². The van der Waals surface area contributed by atoms with E-state index in [0.29, 0.717) is 12.2 Å². The van der Waals surface area contributed by atoms with Gasteiger partial charge in [-0.3, -0.25) is 9.48 Å². The van der Waals surface area contributed by atoms with E-state index in [1.54, 1.807) is 4.68 Å². The van der Waals surface area contributed by atoms with Crippen LogP contribution in [0.25, 0.3) is 0 Å². The fourth-order valence-electron chi connectivity index (χ4n) is 2.03. The van der Waals surface area contributed by atoms with Crippen molar-refractivity contribution in [2.24, 2.45) is 5.92 Å². The molecule has 1 amide bonds. The molecule has 2 rings (SSSR count). The first-order valence-electron chi connectivity index (χ1n) is 6.75. The third-order valence-electron chi connectivity index (χ3n) is 3.37. The van der Waals surface area contributed by atoms with Crippen molar-refractivity contribution < 1.29 is 9.18 Å². The summed E-state index contributed by atoms with van der Waals surface area (Å²) >= 11 is 9.16. The average Bonchev–Trinajstić information content (AvgIpc) is 2.70. The Morgan fingerprint density at radius 3 is 2.73 bits per heavy atom. The number of halogens is 3. The summed E-state index contributed by atoms with van der Waals surface area (Å²) in [4.78, 5) is 12.2. The van der Waals surface area contributed by atoms with Gasteiger partial charge in [0, 0.05) is 11.4 Å². The molecule has 0 aliphatic heterocycles. The van der Waals surface area contributed by atoms with Gasteiger partial charge >= 0.3 is 0 Å². The molecule has 22 heavy (non-hydrogen) atoms. The van der Waals surface area contributed by atoms with Crippen molar-refractivity contribution >= 4 is 39.1 Å². The summed E-state index contributed by atoms with van der Waals surface area (Å²) in [6, 6.07) is 4.09. The zero-order valence-electron chi connectivity index (χ0n) is 12.5. The second-order valence-corrected chi connectivity index (χ2v) is 6.39. The predicted octanol–water partition coefficient (Wildman–Crippen LogP) is 4.33. The topological polar surface area (TPSA) is 46.9 Å². The molecule has 7 heteroatoms. The lowest BCUT2D eigenvalue weighted by atomic mass is 10.1. The molecule has 2 aromatic rings. The van der Waals surface area contributed by atoms with Crippen LogP contribution >= 0.6 is 27.5 Å². The maximum absolute atomic E-state index is 13.1. The normalized spacial score (nSPS) is 12.3. The molecule has 1 N–H and O–H groups in total. The summed E-state index contributed by atoms with van der Waals surface area (Å²) in [5, 5.41) is 7.09. The molecule has 1 unspecified atom stereocenters. The van der Waals surface area contributed by atoms with Gasteiger partial charge in [0.15, 0.2) is 0 Å². The molecule has 0 aliphatic carbocycles. The van der Waals surface area contributed by atoms with E-state index in [2.05, 4.69) is 26.3 Å². The monoisotopic (exact) mass is 387 g/mol. The van der Waals surface area contributed by atoms with Gasteiger partial charge in [-0.1, -0.05) is 18.5 Å². The van der Waals surface area contributed by atoms with Crippen molar-refractivity contribution in [3.63, 3.8) is 0 Å². The van der Waals surface area contributed by atoms with Gasteiger partial charge in [-0.25, -0.2) is 4.39 Å². The van der Waals surface area contributed by atoms with Crippen LogP contribution in [-0.4, -0.2) is 15.7 Å². The highest BCUT2D eigenvalue weighted by atomic mass is 79.9. The Kier molecular flexibility index (Phi) is 5.24. The Morgan fingerprint density at radius 1 is 1.50 bits per heavy atom. The highest BCUT2D eigenvalue weighted by Gasteiger charge is 2.17. The number of aryl methyl sites for hydroxylation is 1. The fourth-order valence-corrected chi connectivity index (χ4v) is 2.50. The highest BCUT2D eigenvalue weighted by Crippen LogP contribution is 2.22. The molecule has 118 valence electrons. The smallest absolute Gasteiger partial charge is 0.229 e. The Morgan fingerprint density at radius 2 is 2.18 bits per heavy atom. The zero-order valence-corrected chi connectivity index (χ0v) is 14.8. The Labute approximate surface area is 141 Å². The van der Waals surface area contributed by atoms with E-state index in [-0.39, 0.29) is 16.8 Å². The lowest BCUT2D eigenvalue weighted by Gasteiger charge is -2.13. The van der Waals surface area contributed by atoms with Crippen molar-refractivity contribution in [2.45, 2.75) is 27.3 Å². The van der Waals surface area contributed by atoms with E-state index in [1.807, 2.05) is 20.8 Å². The molecular weight excluding hydrogens is 373 g/mol. The molecule has 0 spiro atoms. The number of carbonyl (C=O) groups excluding carboxylic acids is 1. The Balaban J connectivity index is 2.05. The molecule has 0 saturated carbocycles. The summed E-state index contributed by atoms with van der Waals surface area (Å²) in [7, 11) is 0. The van der Waals surface area contributed by atoms with Gasteiger partial charge in [0.05, 0.1) is 27.7 Å². The first-order valence-corrected chi connectivity index (χ1v) is 7.92. The maximum atomic E-state index is 13.1. The van der Waals surface area contributed by atoms with Crippen LogP contribution in [0.4, 0.5) is 10.1 Å². The number of hydrogen-bond acceptors (Lipinski definition) is 2. The number of aromatic nitrogens is 2. The fraction of sp³-hybridized carbons (Fsp3) is 0.333. The van der Waals surface area contributed by atoms with Crippen molar-refractivity contribution in [2.75, 3.05) is 5.32 Å². The molecule has 0 saturated heterocycles. The SMILES string of the molecule is Cc1nn(CC(C)C(=O)Nc2ccc(F)c(Cl)c2)c(C)c1Br. The molecule has 0 fully saturated rings. The standard InChI is InChI=1S/C15H16BrClFN3O/c1-8(7-21-10(3)14(16)9(2)20-21)15(22)19-11-4-5-13(18)12(17)6-11/h4-6,8H,7H2,1-3H3,(H,19,22). The third kappa shape index (κ3) is 3.67. The largest absolute Gasteiger partial charge is 0.326 e. The van der Waals surface area contributed by atoms with Crippen molar-refractivity contribution in [3.05, 3.63) is 44.9 Å². The Bertz CT molecular complexity index is 717. The second kappa shape index (κ2) is 6.79.